The van der Waals surface area contributed by atoms with Crippen molar-refractivity contribution in [2.45, 2.75) is 18.4 Å². The van der Waals surface area contributed by atoms with E-state index in [1.165, 1.54) is 5.48 Å². The minimum Gasteiger partial charge on any atom is -0.462 e. The van der Waals surface area contributed by atoms with Crippen LogP contribution in [0.3, 0.4) is 0 Å². The summed E-state index contributed by atoms with van der Waals surface area (Å²) >= 11 is 0. The molecule has 0 aliphatic heterocycles. The minimum absolute atomic E-state index is 0.0926. The lowest BCUT2D eigenvalue weighted by molar-refractivity contribution is 0.0705. The first-order valence-electron chi connectivity index (χ1n) is 6.35. The summed E-state index contributed by atoms with van der Waals surface area (Å²) in [6.07, 6.45) is 4.24. The van der Waals surface area contributed by atoms with Gasteiger partial charge in [0.2, 0.25) is 0 Å². The number of hydrogen-bond acceptors (Lipinski definition) is 5. The maximum atomic E-state index is 14.0. The smallest absolute Gasteiger partial charge is 0.276 e. The van der Waals surface area contributed by atoms with Crippen molar-refractivity contribution in [1.29, 1.82) is 0 Å². The van der Waals surface area contributed by atoms with E-state index in [1.54, 1.807) is 12.3 Å². The van der Waals surface area contributed by atoms with E-state index >= 15 is 0 Å². The molecule has 2 aromatic rings. The summed E-state index contributed by atoms with van der Waals surface area (Å²) in [5, 5.41) is 8.50. The summed E-state index contributed by atoms with van der Waals surface area (Å²) in [5.74, 6) is -1.79. The topological polar surface area (TPSA) is 84.3 Å². The van der Waals surface area contributed by atoms with Gasteiger partial charge < -0.3 is 4.74 Å². The molecule has 21 heavy (non-hydrogen) atoms. The first-order chi connectivity index (χ1) is 10.1. The summed E-state index contributed by atoms with van der Waals surface area (Å²) in [7, 11) is 0. The highest BCUT2D eigenvalue weighted by atomic mass is 19.1. The van der Waals surface area contributed by atoms with Gasteiger partial charge >= 0.3 is 0 Å². The predicted molar refractivity (Wildman–Crippen MR) is 69.2 cm³/mol. The van der Waals surface area contributed by atoms with E-state index in [1.807, 2.05) is 12.1 Å². The van der Waals surface area contributed by atoms with E-state index in [0.717, 1.165) is 30.8 Å². The summed E-state index contributed by atoms with van der Waals surface area (Å²) in [5.41, 5.74) is 1.41. The Balaban J connectivity index is 1.84. The van der Waals surface area contributed by atoms with E-state index in [4.69, 9.17) is 9.94 Å². The van der Waals surface area contributed by atoms with Gasteiger partial charge in [-0.3, -0.25) is 15.0 Å². The van der Waals surface area contributed by atoms with E-state index in [2.05, 4.69) is 9.97 Å². The summed E-state index contributed by atoms with van der Waals surface area (Å²) in [6.45, 7) is 0. The zero-order valence-corrected chi connectivity index (χ0v) is 10.9. The molecule has 7 heteroatoms. The summed E-state index contributed by atoms with van der Waals surface area (Å²) < 4.78 is 19.6. The Labute approximate surface area is 119 Å². The molecule has 0 unspecified atom stereocenters. The van der Waals surface area contributed by atoms with Crippen LogP contribution in [0.5, 0.6) is 5.88 Å². The average Bonchev–Trinajstić information content (AvgIpc) is 3.30. The standard InChI is InChI=1S/C14H12FN3O3/c15-10-7-9(12(19)18-20)8-17-13(10)21-14(4-5-14)11-3-1-2-6-16-11/h1-3,6-8,20H,4-5H2,(H,18,19). The van der Waals surface area contributed by atoms with Crippen LogP contribution in [-0.4, -0.2) is 21.1 Å². The lowest BCUT2D eigenvalue weighted by Crippen LogP contribution is -2.21. The minimum atomic E-state index is -0.834. The van der Waals surface area contributed by atoms with Gasteiger partial charge in [-0.2, -0.15) is 0 Å². The van der Waals surface area contributed by atoms with E-state index in [0.29, 0.717) is 0 Å². The number of nitrogens with one attached hydrogen (secondary N) is 1. The maximum absolute atomic E-state index is 14.0. The van der Waals surface area contributed by atoms with Crippen LogP contribution in [0.1, 0.15) is 28.9 Å². The molecule has 0 radical (unpaired) electrons. The Morgan fingerprint density at radius 2 is 2.19 bits per heavy atom. The fourth-order valence-corrected chi connectivity index (χ4v) is 2.03. The number of nitrogens with zero attached hydrogens (tertiary/aromatic N) is 2. The molecular weight excluding hydrogens is 277 g/mol. The van der Waals surface area contributed by atoms with Gasteiger partial charge in [0.15, 0.2) is 11.4 Å². The molecular formula is C14H12FN3O3. The Morgan fingerprint density at radius 3 is 2.76 bits per heavy atom. The number of pyridine rings is 2. The van der Waals surface area contributed by atoms with Gasteiger partial charge in [0, 0.05) is 12.4 Å². The van der Waals surface area contributed by atoms with Gasteiger partial charge in [0.25, 0.3) is 11.8 Å². The number of carbonyl (C=O) groups is 1. The molecule has 6 nitrogen and oxygen atoms in total. The fraction of sp³-hybridized carbons (Fsp3) is 0.214. The molecule has 108 valence electrons. The zero-order valence-electron chi connectivity index (χ0n) is 10.9. The second-order valence-corrected chi connectivity index (χ2v) is 4.76. The molecule has 0 spiro atoms. The van der Waals surface area contributed by atoms with Crippen LogP contribution in [0.15, 0.2) is 36.7 Å². The first kappa shape index (κ1) is 13.4. The number of hydroxylamine groups is 1. The average molecular weight is 289 g/mol. The number of carbonyl (C=O) groups excluding carboxylic acids is 1. The van der Waals surface area contributed by atoms with Gasteiger partial charge in [-0.15, -0.1) is 0 Å². The monoisotopic (exact) mass is 289 g/mol. The van der Waals surface area contributed by atoms with Crippen molar-refractivity contribution < 1.29 is 19.1 Å². The van der Waals surface area contributed by atoms with Gasteiger partial charge in [0.1, 0.15) is 0 Å². The quantitative estimate of drug-likeness (QED) is 0.662. The van der Waals surface area contributed by atoms with Crippen molar-refractivity contribution in [3.05, 3.63) is 53.7 Å². The SMILES string of the molecule is O=C(NO)c1cnc(OC2(c3ccccn3)CC2)c(F)c1. The predicted octanol–water partition coefficient (Wildman–Crippen LogP) is 1.80. The fourth-order valence-electron chi connectivity index (χ4n) is 2.03. The van der Waals surface area contributed by atoms with E-state index in [9.17, 15) is 9.18 Å². The molecule has 0 saturated heterocycles. The molecule has 0 bridgehead atoms. The van der Waals surface area contributed by atoms with Crippen molar-refractivity contribution in [2.75, 3.05) is 0 Å². The second kappa shape index (κ2) is 5.10. The van der Waals surface area contributed by atoms with Crippen LogP contribution in [0.2, 0.25) is 0 Å². The number of rotatable bonds is 4. The lowest BCUT2D eigenvalue weighted by Gasteiger charge is -2.17. The van der Waals surface area contributed by atoms with Crippen LogP contribution < -0.4 is 10.2 Å². The third kappa shape index (κ3) is 2.55. The molecule has 2 heterocycles. The molecule has 0 aromatic carbocycles. The molecule has 3 rings (SSSR count). The number of hydrogen-bond donors (Lipinski definition) is 2. The Kier molecular flexibility index (Phi) is 3.26. The van der Waals surface area contributed by atoms with Crippen molar-refractivity contribution in [2.24, 2.45) is 0 Å². The molecule has 2 aromatic heterocycles. The van der Waals surface area contributed by atoms with Gasteiger partial charge in [-0.1, -0.05) is 6.07 Å². The molecule has 1 amide bonds. The highest BCUT2D eigenvalue weighted by molar-refractivity contribution is 5.93. The van der Waals surface area contributed by atoms with Gasteiger partial charge in [-0.05, 0) is 31.0 Å². The van der Waals surface area contributed by atoms with Crippen molar-refractivity contribution >= 4 is 5.91 Å². The Hall–Kier alpha value is -2.54. The summed E-state index contributed by atoms with van der Waals surface area (Å²) in [4.78, 5) is 19.2. The van der Waals surface area contributed by atoms with Gasteiger partial charge in [-0.25, -0.2) is 14.9 Å². The molecule has 1 fully saturated rings. The van der Waals surface area contributed by atoms with Crippen molar-refractivity contribution in [3.63, 3.8) is 0 Å². The third-order valence-electron chi connectivity index (χ3n) is 3.30. The number of halogens is 1. The van der Waals surface area contributed by atoms with Crippen LogP contribution in [-0.2, 0) is 5.60 Å². The molecule has 2 N–H and O–H groups in total. The molecule has 1 saturated carbocycles. The number of aromatic nitrogens is 2. The number of amides is 1. The largest absolute Gasteiger partial charge is 0.462 e. The normalized spacial score (nSPS) is 15.3. The third-order valence-corrected chi connectivity index (χ3v) is 3.30. The molecule has 1 aliphatic carbocycles. The van der Waals surface area contributed by atoms with Crippen LogP contribution in [0.25, 0.3) is 0 Å². The lowest BCUT2D eigenvalue weighted by atomic mass is 10.2. The van der Waals surface area contributed by atoms with Gasteiger partial charge in [0.05, 0.1) is 11.3 Å². The zero-order chi connectivity index (χ0) is 14.9. The Bertz CT molecular complexity index is 674. The summed E-state index contributed by atoms with van der Waals surface area (Å²) in [6, 6.07) is 6.41. The van der Waals surface area contributed by atoms with Crippen LogP contribution in [0, 0.1) is 5.82 Å². The van der Waals surface area contributed by atoms with Crippen molar-refractivity contribution in [3.8, 4) is 5.88 Å². The van der Waals surface area contributed by atoms with E-state index in [-0.39, 0.29) is 11.4 Å². The first-order valence-corrected chi connectivity index (χ1v) is 6.35. The Morgan fingerprint density at radius 1 is 1.38 bits per heavy atom. The van der Waals surface area contributed by atoms with Crippen LogP contribution >= 0.6 is 0 Å². The second-order valence-electron chi connectivity index (χ2n) is 4.76. The van der Waals surface area contributed by atoms with Crippen molar-refractivity contribution in [1.82, 2.24) is 15.4 Å². The highest BCUT2D eigenvalue weighted by Crippen LogP contribution is 2.48. The van der Waals surface area contributed by atoms with Crippen LogP contribution in [0.4, 0.5) is 4.39 Å². The molecule has 1 aliphatic rings. The number of ether oxygens (including phenoxy) is 1. The molecule has 0 atom stereocenters. The maximum Gasteiger partial charge on any atom is 0.276 e. The van der Waals surface area contributed by atoms with E-state index < -0.39 is 17.3 Å². The highest BCUT2D eigenvalue weighted by Gasteiger charge is 2.49.